The van der Waals surface area contributed by atoms with Crippen LogP contribution in [-0.2, 0) is 16.2 Å². The maximum atomic E-state index is 12.1. The summed E-state index contributed by atoms with van der Waals surface area (Å²) in [6.45, 7) is 6.67. The molecule has 0 bridgehead atoms. The van der Waals surface area contributed by atoms with Gasteiger partial charge in [0.05, 0.1) is 17.9 Å². The number of carbonyl (C=O) groups is 1. The van der Waals surface area contributed by atoms with E-state index < -0.39 is 0 Å². The minimum atomic E-state index is 0.129. The van der Waals surface area contributed by atoms with Gasteiger partial charge in [-0.25, -0.2) is 0 Å². The van der Waals surface area contributed by atoms with Gasteiger partial charge in [-0.05, 0) is 26.2 Å². The lowest BCUT2D eigenvalue weighted by Gasteiger charge is -2.31. The maximum absolute atomic E-state index is 12.1. The largest absolute Gasteiger partial charge is 0.382 e. The Hall–Kier alpha value is -1.11. The predicted octanol–water partition coefficient (Wildman–Crippen LogP) is 1.75. The summed E-state index contributed by atoms with van der Waals surface area (Å²) in [6, 6.07) is 0. The molecule has 1 fully saturated rings. The molecule has 0 aromatic carbocycles. The standard InChI is InChI=1S/C15H25ClN4O2/c1-2-22-9-3-6-17-15(21)13-4-7-19(8-5-13)12-20-11-14(16)10-18-20/h10-11,13H,2-9,12H2,1H3,(H,17,21). The Kier molecular flexibility index (Phi) is 7.15. The Balaban J connectivity index is 1.62. The van der Waals surface area contributed by atoms with Crippen molar-refractivity contribution < 1.29 is 9.53 Å². The molecule has 0 aliphatic carbocycles. The van der Waals surface area contributed by atoms with Gasteiger partial charge >= 0.3 is 0 Å². The molecule has 1 amide bonds. The monoisotopic (exact) mass is 328 g/mol. The van der Waals surface area contributed by atoms with Gasteiger partial charge in [-0.1, -0.05) is 11.6 Å². The van der Waals surface area contributed by atoms with E-state index in [-0.39, 0.29) is 11.8 Å². The number of aromatic nitrogens is 2. The van der Waals surface area contributed by atoms with E-state index in [1.165, 1.54) is 0 Å². The number of amides is 1. The van der Waals surface area contributed by atoms with Gasteiger partial charge in [-0.3, -0.25) is 14.4 Å². The molecule has 0 spiro atoms. The summed E-state index contributed by atoms with van der Waals surface area (Å²) < 4.78 is 7.09. The fourth-order valence-electron chi connectivity index (χ4n) is 2.63. The molecule has 0 atom stereocenters. The zero-order chi connectivity index (χ0) is 15.8. The Morgan fingerprint density at radius 1 is 1.50 bits per heavy atom. The summed E-state index contributed by atoms with van der Waals surface area (Å²) in [5.74, 6) is 0.308. The van der Waals surface area contributed by atoms with Crippen molar-refractivity contribution in [3.05, 3.63) is 17.4 Å². The van der Waals surface area contributed by atoms with Gasteiger partial charge < -0.3 is 10.1 Å². The highest BCUT2D eigenvalue weighted by molar-refractivity contribution is 6.30. The second kappa shape index (κ2) is 9.12. The summed E-state index contributed by atoms with van der Waals surface area (Å²) in [5.41, 5.74) is 0. The number of likely N-dealkylation sites (tertiary alicyclic amines) is 1. The van der Waals surface area contributed by atoms with E-state index in [9.17, 15) is 4.79 Å². The Morgan fingerprint density at radius 3 is 2.91 bits per heavy atom. The number of hydrogen-bond donors (Lipinski definition) is 1. The van der Waals surface area contributed by atoms with Crippen molar-refractivity contribution in [1.29, 1.82) is 0 Å². The number of rotatable bonds is 8. The van der Waals surface area contributed by atoms with Gasteiger partial charge in [0.25, 0.3) is 0 Å². The van der Waals surface area contributed by atoms with Gasteiger partial charge in [-0.2, -0.15) is 5.10 Å². The van der Waals surface area contributed by atoms with E-state index in [4.69, 9.17) is 16.3 Å². The molecule has 22 heavy (non-hydrogen) atoms. The first-order valence-corrected chi connectivity index (χ1v) is 8.32. The molecule has 7 heteroatoms. The predicted molar refractivity (Wildman–Crippen MR) is 85.7 cm³/mol. The normalized spacial score (nSPS) is 16.8. The third-order valence-electron chi connectivity index (χ3n) is 3.87. The summed E-state index contributed by atoms with van der Waals surface area (Å²) in [6.07, 6.45) is 6.12. The fraction of sp³-hybridized carbons (Fsp3) is 0.733. The van der Waals surface area contributed by atoms with Crippen LogP contribution in [0.5, 0.6) is 0 Å². The van der Waals surface area contributed by atoms with Gasteiger partial charge in [0, 0.05) is 45.0 Å². The second-order valence-electron chi connectivity index (χ2n) is 5.57. The zero-order valence-corrected chi connectivity index (χ0v) is 13.9. The number of nitrogens with zero attached hydrogens (tertiary/aromatic N) is 3. The molecule has 0 saturated carbocycles. The van der Waals surface area contributed by atoms with E-state index in [0.29, 0.717) is 18.2 Å². The summed E-state index contributed by atoms with van der Waals surface area (Å²) >= 11 is 5.86. The molecule has 1 aromatic heterocycles. The molecule has 124 valence electrons. The molecular formula is C15H25ClN4O2. The molecule has 1 aliphatic rings. The fourth-order valence-corrected chi connectivity index (χ4v) is 2.79. The van der Waals surface area contributed by atoms with Crippen LogP contribution >= 0.6 is 11.6 Å². The SMILES string of the molecule is CCOCCCNC(=O)C1CCN(Cn2cc(Cl)cn2)CC1. The van der Waals surface area contributed by atoms with E-state index >= 15 is 0 Å². The molecule has 2 heterocycles. The molecule has 0 unspecified atom stereocenters. The van der Waals surface area contributed by atoms with Gasteiger partial charge in [0.15, 0.2) is 0 Å². The van der Waals surface area contributed by atoms with Crippen molar-refractivity contribution in [1.82, 2.24) is 20.0 Å². The van der Waals surface area contributed by atoms with Crippen LogP contribution in [0.15, 0.2) is 12.4 Å². The van der Waals surface area contributed by atoms with Crippen LogP contribution in [-0.4, -0.2) is 53.4 Å². The first-order chi connectivity index (χ1) is 10.7. The topological polar surface area (TPSA) is 59.4 Å². The third kappa shape index (κ3) is 5.59. The van der Waals surface area contributed by atoms with Crippen LogP contribution in [0.1, 0.15) is 26.2 Å². The molecule has 1 N–H and O–H groups in total. The van der Waals surface area contributed by atoms with Crippen LogP contribution in [0.4, 0.5) is 0 Å². The number of halogens is 1. The van der Waals surface area contributed by atoms with Crippen LogP contribution in [0.2, 0.25) is 5.02 Å². The highest BCUT2D eigenvalue weighted by Gasteiger charge is 2.24. The lowest BCUT2D eigenvalue weighted by molar-refractivity contribution is -0.126. The molecule has 6 nitrogen and oxygen atoms in total. The van der Waals surface area contributed by atoms with Crippen LogP contribution in [0.3, 0.4) is 0 Å². The molecular weight excluding hydrogens is 304 g/mol. The van der Waals surface area contributed by atoms with Crippen molar-refractivity contribution in [2.24, 2.45) is 5.92 Å². The van der Waals surface area contributed by atoms with E-state index in [2.05, 4.69) is 15.3 Å². The summed E-state index contributed by atoms with van der Waals surface area (Å²) in [7, 11) is 0. The van der Waals surface area contributed by atoms with Gasteiger partial charge in [0.2, 0.25) is 5.91 Å². The lowest BCUT2D eigenvalue weighted by Crippen LogP contribution is -2.41. The number of piperidine rings is 1. The van der Waals surface area contributed by atoms with Crippen LogP contribution in [0.25, 0.3) is 0 Å². The number of nitrogens with one attached hydrogen (secondary N) is 1. The first-order valence-electron chi connectivity index (χ1n) is 7.94. The average molecular weight is 329 g/mol. The Labute approximate surface area is 136 Å². The van der Waals surface area contributed by atoms with Crippen molar-refractivity contribution in [2.75, 3.05) is 32.8 Å². The quantitative estimate of drug-likeness (QED) is 0.739. The summed E-state index contributed by atoms with van der Waals surface area (Å²) in [4.78, 5) is 14.4. The van der Waals surface area contributed by atoms with Gasteiger partial charge in [0.1, 0.15) is 0 Å². The smallest absolute Gasteiger partial charge is 0.223 e. The van der Waals surface area contributed by atoms with Crippen molar-refractivity contribution in [3.63, 3.8) is 0 Å². The first kappa shape index (κ1) is 17.2. The molecule has 0 radical (unpaired) electrons. The number of ether oxygens (including phenoxy) is 1. The van der Waals surface area contributed by atoms with Crippen molar-refractivity contribution in [3.8, 4) is 0 Å². The lowest BCUT2D eigenvalue weighted by atomic mass is 9.96. The summed E-state index contributed by atoms with van der Waals surface area (Å²) in [5, 5.41) is 7.84. The Bertz CT molecular complexity index is 458. The highest BCUT2D eigenvalue weighted by atomic mass is 35.5. The second-order valence-corrected chi connectivity index (χ2v) is 6.01. The van der Waals surface area contributed by atoms with Crippen molar-refractivity contribution >= 4 is 17.5 Å². The minimum absolute atomic E-state index is 0.129. The number of hydrogen-bond acceptors (Lipinski definition) is 4. The Morgan fingerprint density at radius 2 is 2.27 bits per heavy atom. The van der Waals surface area contributed by atoms with E-state index in [1.54, 1.807) is 6.20 Å². The zero-order valence-electron chi connectivity index (χ0n) is 13.1. The molecule has 2 rings (SSSR count). The van der Waals surface area contributed by atoms with Gasteiger partial charge in [-0.15, -0.1) is 0 Å². The van der Waals surface area contributed by atoms with Crippen LogP contribution < -0.4 is 5.32 Å². The maximum Gasteiger partial charge on any atom is 0.223 e. The average Bonchev–Trinajstić information content (AvgIpc) is 2.93. The van der Waals surface area contributed by atoms with E-state index in [0.717, 1.165) is 45.6 Å². The third-order valence-corrected chi connectivity index (χ3v) is 4.07. The highest BCUT2D eigenvalue weighted by Crippen LogP contribution is 2.18. The molecule has 1 aliphatic heterocycles. The minimum Gasteiger partial charge on any atom is -0.382 e. The molecule has 1 saturated heterocycles. The van der Waals surface area contributed by atoms with Crippen molar-refractivity contribution in [2.45, 2.75) is 32.9 Å². The van der Waals surface area contributed by atoms with Crippen LogP contribution in [0, 0.1) is 5.92 Å². The van der Waals surface area contributed by atoms with E-state index in [1.807, 2.05) is 17.8 Å². The molecule has 1 aromatic rings. The number of carbonyl (C=O) groups excluding carboxylic acids is 1.